The fourth-order valence-corrected chi connectivity index (χ4v) is 2.30. The van der Waals surface area contributed by atoms with E-state index in [1.807, 2.05) is 0 Å². The molecule has 1 heterocycles. The zero-order chi connectivity index (χ0) is 15.1. The number of morpholine rings is 1. The Morgan fingerprint density at radius 2 is 2.19 bits per heavy atom. The van der Waals surface area contributed by atoms with Gasteiger partial charge in [0.25, 0.3) is 0 Å². The number of ether oxygens (including phenoxy) is 2. The van der Waals surface area contributed by atoms with Gasteiger partial charge in [0.1, 0.15) is 0 Å². The Balaban J connectivity index is 1.61. The van der Waals surface area contributed by atoms with Gasteiger partial charge in [-0.3, -0.25) is 4.79 Å². The summed E-state index contributed by atoms with van der Waals surface area (Å²) in [5, 5.41) is 11.7. The summed E-state index contributed by atoms with van der Waals surface area (Å²) in [4.78, 5) is 24.4. The van der Waals surface area contributed by atoms with Gasteiger partial charge in [-0.25, -0.2) is 4.79 Å². The van der Waals surface area contributed by atoms with Gasteiger partial charge in [0, 0.05) is 26.3 Å². The smallest absolute Gasteiger partial charge is 0.317 e. The van der Waals surface area contributed by atoms with Crippen molar-refractivity contribution in [1.29, 1.82) is 0 Å². The van der Waals surface area contributed by atoms with Crippen LogP contribution in [-0.2, 0) is 14.3 Å². The van der Waals surface area contributed by atoms with Crippen molar-refractivity contribution in [1.82, 2.24) is 10.2 Å². The Kier molecular flexibility index (Phi) is 6.25. The number of aliphatic carboxylic acids is 1. The third-order valence-corrected chi connectivity index (χ3v) is 3.69. The van der Waals surface area contributed by atoms with Crippen molar-refractivity contribution in [2.24, 2.45) is 5.92 Å². The largest absolute Gasteiger partial charge is 0.481 e. The average Bonchev–Trinajstić information content (AvgIpc) is 3.26. The monoisotopic (exact) mass is 300 g/mol. The molecule has 1 aliphatic heterocycles. The van der Waals surface area contributed by atoms with Gasteiger partial charge < -0.3 is 24.8 Å². The number of carbonyl (C=O) groups is 2. The third kappa shape index (κ3) is 5.89. The lowest BCUT2D eigenvalue weighted by Gasteiger charge is -2.34. The Labute approximate surface area is 124 Å². The number of carboxylic acids is 1. The van der Waals surface area contributed by atoms with E-state index in [9.17, 15) is 9.59 Å². The summed E-state index contributed by atoms with van der Waals surface area (Å²) < 4.78 is 10.7. The van der Waals surface area contributed by atoms with E-state index >= 15 is 0 Å². The van der Waals surface area contributed by atoms with Crippen LogP contribution < -0.4 is 5.32 Å². The van der Waals surface area contributed by atoms with Crippen LogP contribution in [0.15, 0.2) is 0 Å². The summed E-state index contributed by atoms with van der Waals surface area (Å²) in [5.74, 6) is -0.165. The standard InChI is InChI=1S/C14H24N2O5/c17-13(18)8-12-10-21-7-5-16(12)14(19)15-4-1-6-20-9-11-2-3-11/h11-12H,1-10H2,(H,15,19)(H,17,18). The molecular formula is C14H24N2O5. The molecule has 0 bridgehead atoms. The Hall–Kier alpha value is -1.34. The molecule has 7 nitrogen and oxygen atoms in total. The summed E-state index contributed by atoms with van der Waals surface area (Å²) >= 11 is 0. The minimum Gasteiger partial charge on any atom is -0.481 e. The molecular weight excluding hydrogens is 276 g/mol. The quantitative estimate of drug-likeness (QED) is 0.644. The van der Waals surface area contributed by atoms with Gasteiger partial charge in [-0.2, -0.15) is 0 Å². The molecule has 1 unspecified atom stereocenters. The number of hydrogen-bond donors (Lipinski definition) is 2. The summed E-state index contributed by atoms with van der Waals surface area (Å²) in [6, 6.07) is -0.603. The van der Waals surface area contributed by atoms with Gasteiger partial charge in [-0.1, -0.05) is 0 Å². The van der Waals surface area contributed by atoms with Gasteiger partial charge in [-0.05, 0) is 25.2 Å². The fraction of sp³-hybridized carbons (Fsp3) is 0.857. The maximum atomic E-state index is 12.1. The van der Waals surface area contributed by atoms with Crippen molar-refractivity contribution < 1.29 is 24.2 Å². The zero-order valence-corrected chi connectivity index (χ0v) is 12.3. The minimum absolute atomic E-state index is 0.0854. The first-order valence-corrected chi connectivity index (χ1v) is 7.58. The first-order valence-electron chi connectivity index (χ1n) is 7.58. The van der Waals surface area contributed by atoms with Crippen LogP contribution in [0.5, 0.6) is 0 Å². The number of rotatable bonds is 8. The Bertz CT molecular complexity index is 359. The molecule has 1 saturated heterocycles. The van der Waals surface area contributed by atoms with Gasteiger partial charge in [0.2, 0.25) is 0 Å². The number of nitrogens with zero attached hydrogens (tertiary/aromatic N) is 1. The molecule has 2 aliphatic rings. The first-order chi connectivity index (χ1) is 10.2. The summed E-state index contributed by atoms with van der Waals surface area (Å²) in [5.41, 5.74) is 0. The van der Waals surface area contributed by atoms with Crippen LogP contribution in [0, 0.1) is 5.92 Å². The number of hydrogen-bond acceptors (Lipinski definition) is 4. The van der Waals surface area contributed by atoms with Crippen LogP contribution in [0.4, 0.5) is 4.79 Å². The Morgan fingerprint density at radius 3 is 2.90 bits per heavy atom. The average molecular weight is 300 g/mol. The second-order valence-electron chi connectivity index (χ2n) is 5.62. The van der Waals surface area contributed by atoms with Crippen molar-refractivity contribution >= 4 is 12.0 Å². The van der Waals surface area contributed by atoms with Crippen LogP contribution in [-0.4, -0.2) is 67.6 Å². The summed E-state index contributed by atoms with van der Waals surface area (Å²) in [6.07, 6.45) is 3.24. The molecule has 1 atom stereocenters. The second kappa shape index (κ2) is 8.19. The van der Waals surface area contributed by atoms with Gasteiger partial charge in [-0.15, -0.1) is 0 Å². The lowest BCUT2D eigenvalue weighted by Crippen LogP contribution is -2.53. The van der Waals surface area contributed by atoms with Crippen molar-refractivity contribution in [3.05, 3.63) is 0 Å². The van der Waals surface area contributed by atoms with E-state index in [4.69, 9.17) is 14.6 Å². The Morgan fingerprint density at radius 1 is 1.38 bits per heavy atom. The van der Waals surface area contributed by atoms with Crippen LogP contribution in [0.3, 0.4) is 0 Å². The number of carbonyl (C=O) groups excluding carboxylic acids is 1. The van der Waals surface area contributed by atoms with Crippen LogP contribution in [0.25, 0.3) is 0 Å². The summed E-state index contributed by atoms with van der Waals surface area (Å²) in [7, 11) is 0. The predicted molar refractivity (Wildman–Crippen MR) is 75.1 cm³/mol. The molecule has 120 valence electrons. The molecule has 0 aromatic rings. The number of urea groups is 1. The molecule has 0 aromatic heterocycles. The number of amides is 2. The molecule has 0 spiro atoms. The van der Waals surface area contributed by atoms with Crippen LogP contribution >= 0.6 is 0 Å². The van der Waals surface area contributed by atoms with Crippen LogP contribution in [0.1, 0.15) is 25.7 Å². The normalized spacial score (nSPS) is 22.1. The van der Waals surface area contributed by atoms with E-state index in [2.05, 4.69) is 5.32 Å². The fourth-order valence-electron chi connectivity index (χ4n) is 2.30. The molecule has 1 aliphatic carbocycles. The van der Waals surface area contributed by atoms with Gasteiger partial charge >= 0.3 is 12.0 Å². The molecule has 2 amide bonds. The van der Waals surface area contributed by atoms with Gasteiger partial charge in [0.15, 0.2) is 0 Å². The molecule has 2 N–H and O–H groups in total. The third-order valence-electron chi connectivity index (χ3n) is 3.69. The molecule has 7 heteroatoms. The summed E-state index contributed by atoms with van der Waals surface area (Å²) in [6.45, 7) is 3.19. The van der Waals surface area contributed by atoms with Crippen molar-refractivity contribution in [2.45, 2.75) is 31.7 Å². The van der Waals surface area contributed by atoms with E-state index in [1.165, 1.54) is 12.8 Å². The van der Waals surface area contributed by atoms with Gasteiger partial charge in [0.05, 0.1) is 25.7 Å². The molecule has 2 rings (SSSR count). The van der Waals surface area contributed by atoms with E-state index in [0.29, 0.717) is 26.3 Å². The maximum absolute atomic E-state index is 12.1. The van der Waals surface area contributed by atoms with Crippen molar-refractivity contribution in [2.75, 3.05) is 39.5 Å². The van der Waals surface area contributed by atoms with E-state index in [-0.39, 0.29) is 25.1 Å². The second-order valence-corrected chi connectivity index (χ2v) is 5.62. The highest BCUT2D eigenvalue weighted by atomic mass is 16.5. The lowest BCUT2D eigenvalue weighted by molar-refractivity contribution is -0.139. The van der Waals surface area contributed by atoms with Crippen molar-refractivity contribution in [3.63, 3.8) is 0 Å². The minimum atomic E-state index is -0.920. The topological polar surface area (TPSA) is 88.1 Å². The predicted octanol–water partition coefficient (Wildman–Crippen LogP) is 0.688. The molecule has 1 saturated carbocycles. The number of nitrogens with one attached hydrogen (secondary N) is 1. The zero-order valence-electron chi connectivity index (χ0n) is 12.3. The lowest BCUT2D eigenvalue weighted by atomic mass is 10.1. The highest BCUT2D eigenvalue weighted by molar-refractivity contribution is 5.76. The van der Waals surface area contributed by atoms with Crippen LogP contribution in [0.2, 0.25) is 0 Å². The van der Waals surface area contributed by atoms with E-state index < -0.39 is 5.97 Å². The van der Waals surface area contributed by atoms with E-state index in [1.54, 1.807) is 4.90 Å². The van der Waals surface area contributed by atoms with Crippen molar-refractivity contribution in [3.8, 4) is 0 Å². The molecule has 0 radical (unpaired) electrons. The maximum Gasteiger partial charge on any atom is 0.317 e. The number of carboxylic acid groups (broad SMARTS) is 1. The molecule has 2 fully saturated rings. The molecule has 21 heavy (non-hydrogen) atoms. The first kappa shape index (κ1) is 16.0. The highest BCUT2D eigenvalue weighted by Gasteiger charge is 2.28. The molecule has 0 aromatic carbocycles. The highest BCUT2D eigenvalue weighted by Crippen LogP contribution is 2.28. The SMILES string of the molecule is O=C(O)CC1COCCN1C(=O)NCCCOCC1CC1. The van der Waals surface area contributed by atoms with E-state index in [0.717, 1.165) is 18.9 Å².